The van der Waals surface area contributed by atoms with Gasteiger partial charge in [-0.2, -0.15) is 0 Å². The fourth-order valence-corrected chi connectivity index (χ4v) is 4.13. The molecule has 0 N–H and O–H groups in total. The maximum Gasteiger partial charge on any atom is 2.00 e. The molecular formula is C22H34CaO8. The largest absolute Gasteiger partial charge is 2.00 e. The molecule has 8 nitrogen and oxygen atoms in total. The van der Waals surface area contributed by atoms with Gasteiger partial charge in [0.2, 0.25) is 0 Å². The molecule has 0 saturated heterocycles. The topological polar surface area (TPSA) is 133 Å². The van der Waals surface area contributed by atoms with Gasteiger partial charge in [0.1, 0.15) is 12.2 Å². The summed E-state index contributed by atoms with van der Waals surface area (Å²) >= 11 is 0. The van der Waals surface area contributed by atoms with Crippen molar-refractivity contribution in [3.63, 3.8) is 0 Å². The summed E-state index contributed by atoms with van der Waals surface area (Å²) in [5, 5.41) is 20.3. The van der Waals surface area contributed by atoms with Crippen molar-refractivity contribution in [1.29, 1.82) is 0 Å². The molecule has 2 aliphatic rings. The predicted octanol–water partition coefficient (Wildman–Crippen LogP) is 0.896. The third-order valence-electron chi connectivity index (χ3n) is 5.84. The Morgan fingerprint density at radius 1 is 0.677 bits per heavy atom. The molecule has 2 aliphatic carbocycles. The van der Waals surface area contributed by atoms with Gasteiger partial charge < -0.3 is 29.3 Å². The van der Waals surface area contributed by atoms with E-state index in [-0.39, 0.29) is 49.9 Å². The summed E-state index contributed by atoms with van der Waals surface area (Å²) in [6.07, 6.45) is 9.84. The summed E-state index contributed by atoms with van der Waals surface area (Å²) < 4.78 is 10.1. The Morgan fingerprint density at radius 2 is 0.968 bits per heavy atom. The minimum Gasteiger partial charge on any atom is -0.550 e. The second-order valence-electron chi connectivity index (χ2n) is 8.28. The van der Waals surface area contributed by atoms with Crippen LogP contribution >= 0.6 is 0 Å². The Balaban J connectivity index is 0.000000562. The second-order valence-corrected chi connectivity index (χ2v) is 8.28. The van der Waals surface area contributed by atoms with Crippen LogP contribution in [0.5, 0.6) is 0 Å². The van der Waals surface area contributed by atoms with Crippen molar-refractivity contribution >= 4 is 61.6 Å². The Labute approximate surface area is 214 Å². The molecule has 0 aromatic carbocycles. The van der Waals surface area contributed by atoms with E-state index < -0.39 is 36.7 Å². The summed E-state index contributed by atoms with van der Waals surface area (Å²) in [7, 11) is 0. The molecule has 0 bridgehead atoms. The standard InChI is InChI=1S/2C11H18O4.Ca/c2*1-8(9-5-3-2-4-6-9)15-11(14)7-10(12)13;/h2*8-9H,2-7H2,1H3,(H,12,13);/q;;+2/p-2. The van der Waals surface area contributed by atoms with Gasteiger partial charge in [-0.15, -0.1) is 0 Å². The Kier molecular flexibility index (Phi) is 16.3. The van der Waals surface area contributed by atoms with Crippen molar-refractivity contribution in [3.05, 3.63) is 0 Å². The number of hydrogen-bond donors (Lipinski definition) is 0. The molecule has 2 saturated carbocycles. The quantitative estimate of drug-likeness (QED) is 0.293. The van der Waals surface area contributed by atoms with Crippen LogP contribution < -0.4 is 10.2 Å². The van der Waals surface area contributed by atoms with Gasteiger partial charge in [0.15, 0.2) is 0 Å². The zero-order valence-electron chi connectivity index (χ0n) is 18.8. The van der Waals surface area contributed by atoms with Crippen LogP contribution in [-0.4, -0.2) is 73.8 Å². The van der Waals surface area contributed by atoms with Crippen molar-refractivity contribution in [2.24, 2.45) is 11.8 Å². The van der Waals surface area contributed by atoms with E-state index in [1.54, 1.807) is 0 Å². The predicted molar refractivity (Wildman–Crippen MR) is 109 cm³/mol. The summed E-state index contributed by atoms with van der Waals surface area (Å²) in [5.74, 6) is -3.35. The summed E-state index contributed by atoms with van der Waals surface area (Å²) in [6, 6.07) is 0. The number of carboxylic acid groups (broad SMARTS) is 2. The third kappa shape index (κ3) is 14.0. The van der Waals surface area contributed by atoms with Gasteiger partial charge in [0.05, 0.1) is 24.8 Å². The normalized spacial score (nSPS) is 18.9. The van der Waals surface area contributed by atoms with Crippen molar-refractivity contribution in [3.8, 4) is 0 Å². The third-order valence-corrected chi connectivity index (χ3v) is 5.84. The first kappa shape index (κ1) is 30.1. The van der Waals surface area contributed by atoms with Crippen molar-refractivity contribution < 1.29 is 38.9 Å². The molecule has 0 spiro atoms. The maximum atomic E-state index is 11.1. The molecule has 0 heterocycles. The molecular weight excluding hydrogens is 432 g/mol. The number of rotatable bonds is 8. The van der Waals surface area contributed by atoms with Crippen LogP contribution in [0.1, 0.15) is 90.9 Å². The van der Waals surface area contributed by atoms with E-state index >= 15 is 0 Å². The van der Waals surface area contributed by atoms with Gasteiger partial charge in [-0.3, -0.25) is 9.59 Å². The van der Waals surface area contributed by atoms with Gasteiger partial charge in [-0.1, -0.05) is 38.5 Å². The molecule has 9 heteroatoms. The Bertz CT molecular complexity index is 518. The van der Waals surface area contributed by atoms with E-state index in [0.717, 1.165) is 25.7 Å². The number of carbonyl (C=O) groups is 4. The summed E-state index contributed by atoms with van der Waals surface area (Å²) in [6.45, 7) is 3.67. The maximum absolute atomic E-state index is 11.1. The molecule has 0 aromatic heterocycles. The van der Waals surface area contributed by atoms with Crippen molar-refractivity contribution in [2.75, 3.05) is 0 Å². The average molecular weight is 467 g/mol. The molecule has 2 rings (SSSR count). The molecule has 0 radical (unpaired) electrons. The SMILES string of the molecule is CC(OC(=O)CC(=O)[O-])C1CCCCC1.CC(OC(=O)CC(=O)[O-])C1CCCCC1.[Ca+2]. The minimum absolute atomic E-state index is 0. The van der Waals surface area contributed by atoms with E-state index in [1.165, 1.54) is 38.5 Å². The smallest absolute Gasteiger partial charge is 0.550 e. The summed E-state index contributed by atoms with van der Waals surface area (Å²) in [4.78, 5) is 42.4. The van der Waals surface area contributed by atoms with Gasteiger partial charge in [0, 0.05) is 0 Å². The van der Waals surface area contributed by atoms with Gasteiger partial charge >= 0.3 is 49.7 Å². The van der Waals surface area contributed by atoms with Gasteiger partial charge in [-0.25, -0.2) is 0 Å². The summed E-state index contributed by atoms with van der Waals surface area (Å²) in [5.41, 5.74) is 0. The van der Waals surface area contributed by atoms with E-state index in [2.05, 4.69) is 0 Å². The van der Waals surface area contributed by atoms with E-state index in [4.69, 9.17) is 9.47 Å². The first-order chi connectivity index (χ1) is 14.2. The van der Waals surface area contributed by atoms with Crippen LogP contribution in [0.3, 0.4) is 0 Å². The zero-order chi connectivity index (χ0) is 22.5. The van der Waals surface area contributed by atoms with E-state index in [0.29, 0.717) is 11.8 Å². The second kappa shape index (κ2) is 16.7. The zero-order valence-corrected chi connectivity index (χ0v) is 21.0. The molecule has 0 amide bonds. The molecule has 2 atom stereocenters. The number of ether oxygens (including phenoxy) is 2. The Morgan fingerprint density at radius 3 is 1.23 bits per heavy atom. The van der Waals surface area contributed by atoms with Crippen LogP contribution in [0.2, 0.25) is 0 Å². The number of esters is 2. The molecule has 0 aliphatic heterocycles. The number of aliphatic carboxylic acids is 2. The van der Waals surface area contributed by atoms with E-state index in [1.807, 2.05) is 13.8 Å². The molecule has 172 valence electrons. The fourth-order valence-electron chi connectivity index (χ4n) is 4.13. The van der Waals surface area contributed by atoms with Crippen molar-refractivity contribution in [1.82, 2.24) is 0 Å². The van der Waals surface area contributed by atoms with Gasteiger partial charge in [-0.05, 0) is 51.4 Å². The molecule has 2 unspecified atom stereocenters. The average Bonchev–Trinajstić information content (AvgIpc) is 2.68. The van der Waals surface area contributed by atoms with Crippen LogP contribution in [-0.2, 0) is 28.7 Å². The first-order valence-electron chi connectivity index (χ1n) is 11.0. The number of hydrogen-bond acceptors (Lipinski definition) is 8. The number of carboxylic acids is 2. The fraction of sp³-hybridized carbons (Fsp3) is 0.818. The minimum atomic E-state index is -1.38. The monoisotopic (exact) mass is 466 g/mol. The van der Waals surface area contributed by atoms with Crippen LogP contribution in [0.4, 0.5) is 0 Å². The molecule has 2 fully saturated rings. The Hall–Kier alpha value is -0.860. The van der Waals surface area contributed by atoms with Crippen LogP contribution in [0.25, 0.3) is 0 Å². The van der Waals surface area contributed by atoms with Crippen LogP contribution in [0, 0.1) is 11.8 Å². The molecule has 31 heavy (non-hydrogen) atoms. The number of carbonyl (C=O) groups excluding carboxylic acids is 4. The van der Waals surface area contributed by atoms with Gasteiger partial charge in [0.25, 0.3) is 0 Å². The van der Waals surface area contributed by atoms with Crippen LogP contribution in [0.15, 0.2) is 0 Å². The molecule has 0 aromatic rings. The van der Waals surface area contributed by atoms with Crippen molar-refractivity contribution in [2.45, 2.75) is 103 Å². The van der Waals surface area contributed by atoms with E-state index in [9.17, 15) is 29.4 Å². The first-order valence-corrected chi connectivity index (χ1v) is 11.0.